The van der Waals surface area contributed by atoms with Gasteiger partial charge in [0, 0.05) is 18.1 Å². The molecule has 0 radical (unpaired) electrons. The van der Waals surface area contributed by atoms with Crippen LogP contribution in [0, 0.1) is 13.8 Å². The Labute approximate surface area is 227 Å². The highest BCUT2D eigenvalue weighted by atomic mass is 35.5. The third-order valence-corrected chi connectivity index (χ3v) is 6.58. The molecule has 2 amide bonds. The summed E-state index contributed by atoms with van der Waals surface area (Å²) in [7, 11) is 0. The maximum absolute atomic E-state index is 12.2. The van der Waals surface area contributed by atoms with Gasteiger partial charge in [0.15, 0.2) is 13.2 Å². The molecule has 0 saturated carbocycles. The number of halogens is 1. The molecule has 0 aromatic heterocycles. The molecule has 0 unspecified atom stereocenters. The monoisotopic (exact) mass is 530 g/mol. The summed E-state index contributed by atoms with van der Waals surface area (Å²) in [5.41, 5.74) is 4.15. The van der Waals surface area contributed by atoms with Gasteiger partial charge in [0.2, 0.25) is 0 Å². The van der Waals surface area contributed by atoms with Gasteiger partial charge >= 0.3 is 0 Å². The van der Waals surface area contributed by atoms with Crippen molar-refractivity contribution in [2.45, 2.75) is 79.1 Å². The molecule has 0 aliphatic rings. The third-order valence-electron chi connectivity index (χ3n) is 6.17. The number of rotatable bonds is 15. The fraction of sp³-hybridized carbons (Fsp3) is 0.533. The average Bonchev–Trinajstić information content (AvgIpc) is 2.84. The molecule has 0 fully saturated rings. The van der Waals surface area contributed by atoms with Gasteiger partial charge in [-0.1, -0.05) is 64.3 Å². The van der Waals surface area contributed by atoms with Crippen molar-refractivity contribution in [3.05, 3.63) is 57.6 Å². The molecule has 0 spiro atoms. The van der Waals surface area contributed by atoms with Crippen LogP contribution in [0.5, 0.6) is 11.5 Å². The number of benzene rings is 2. The summed E-state index contributed by atoms with van der Waals surface area (Å²) < 4.78 is 11.6. The van der Waals surface area contributed by atoms with Gasteiger partial charge in [-0.05, 0) is 79.0 Å². The molecule has 6 nitrogen and oxygen atoms in total. The normalized spacial score (nSPS) is 11.1. The van der Waals surface area contributed by atoms with E-state index in [1.54, 1.807) is 0 Å². The molecule has 0 heterocycles. The first-order chi connectivity index (χ1) is 17.6. The summed E-state index contributed by atoms with van der Waals surface area (Å²) in [6.07, 6.45) is 3.72. The molecule has 204 valence electrons. The molecule has 2 N–H and O–H groups in total. The first-order valence-corrected chi connectivity index (χ1v) is 13.7. The minimum atomic E-state index is -0.135. The van der Waals surface area contributed by atoms with E-state index in [9.17, 15) is 9.59 Å². The second-order valence-electron chi connectivity index (χ2n) is 10.2. The summed E-state index contributed by atoms with van der Waals surface area (Å²) in [5.74, 6) is 1.82. The van der Waals surface area contributed by atoms with Crippen molar-refractivity contribution in [2.75, 3.05) is 26.3 Å². The van der Waals surface area contributed by atoms with Crippen LogP contribution in [0.4, 0.5) is 0 Å². The van der Waals surface area contributed by atoms with Crippen molar-refractivity contribution in [2.24, 2.45) is 0 Å². The minimum absolute atomic E-state index is 0.0178. The van der Waals surface area contributed by atoms with Crippen LogP contribution in [0.15, 0.2) is 30.3 Å². The van der Waals surface area contributed by atoms with Crippen molar-refractivity contribution in [1.29, 1.82) is 0 Å². The zero-order valence-corrected chi connectivity index (χ0v) is 24.0. The summed E-state index contributed by atoms with van der Waals surface area (Å²) in [4.78, 5) is 24.3. The van der Waals surface area contributed by atoms with Crippen molar-refractivity contribution in [3.8, 4) is 11.5 Å². The zero-order valence-electron chi connectivity index (χ0n) is 23.2. The van der Waals surface area contributed by atoms with E-state index in [1.807, 2.05) is 32.0 Å². The first-order valence-electron chi connectivity index (χ1n) is 13.3. The highest BCUT2D eigenvalue weighted by Gasteiger charge is 2.13. The topological polar surface area (TPSA) is 76.7 Å². The van der Waals surface area contributed by atoms with Crippen molar-refractivity contribution in [3.63, 3.8) is 0 Å². The number of carbonyl (C=O) groups excluding carboxylic acids is 2. The number of nitrogens with one attached hydrogen (secondary N) is 2. The SMILES string of the molecule is Cc1ccc(C(C)C)c(OCC(=O)NCCCCCCNC(=O)COc2cc(C)c(Cl)cc2C(C)C)c1. The summed E-state index contributed by atoms with van der Waals surface area (Å²) >= 11 is 6.23. The van der Waals surface area contributed by atoms with E-state index in [1.165, 1.54) is 0 Å². The van der Waals surface area contributed by atoms with Crippen LogP contribution < -0.4 is 20.1 Å². The summed E-state index contributed by atoms with van der Waals surface area (Å²) in [6.45, 7) is 13.5. The van der Waals surface area contributed by atoms with Crippen LogP contribution in [-0.4, -0.2) is 38.1 Å². The minimum Gasteiger partial charge on any atom is -0.483 e. The van der Waals surface area contributed by atoms with Crippen LogP contribution in [0.1, 0.15) is 87.5 Å². The van der Waals surface area contributed by atoms with Gasteiger partial charge in [-0.2, -0.15) is 0 Å². The van der Waals surface area contributed by atoms with Gasteiger partial charge < -0.3 is 20.1 Å². The average molecular weight is 531 g/mol. The quantitative estimate of drug-likeness (QED) is 0.259. The molecule has 37 heavy (non-hydrogen) atoms. The Morgan fingerprint density at radius 2 is 1.27 bits per heavy atom. The van der Waals surface area contributed by atoms with Crippen LogP contribution in [-0.2, 0) is 9.59 Å². The lowest BCUT2D eigenvalue weighted by molar-refractivity contribution is -0.123. The van der Waals surface area contributed by atoms with E-state index >= 15 is 0 Å². The van der Waals surface area contributed by atoms with Crippen LogP contribution in [0.2, 0.25) is 5.02 Å². The van der Waals surface area contributed by atoms with Crippen LogP contribution >= 0.6 is 11.6 Å². The lowest BCUT2D eigenvalue weighted by atomic mass is 10.0. The Kier molecular flexibility index (Phi) is 12.8. The van der Waals surface area contributed by atoms with Gasteiger partial charge in [0.1, 0.15) is 11.5 Å². The third kappa shape index (κ3) is 10.6. The van der Waals surface area contributed by atoms with E-state index in [2.05, 4.69) is 50.5 Å². The van der Waals surface area contributed by atoms with E-state index in [0.29, 0.717) is 29.8 Å². The Bertz CT molecular complexity index is 1040. The van der Waals surface area contributed by atoms with Gasteiger partial charge in [0.25, 0.3) is 11.8 Å². The molecular weight excluding hydrogens is 488 g/mol. The van der Waals surface area contributed by atoms with Crippen LogP contribution in [0.25, 0.3) is 0 Å². The number of hydrogen-bond donors (Lipinski definition) is 2. The predicted molar refractivity (Wildman–Crippen MR) is 151 cm³/mol. The van der Waals surface area contributed by atoms with E-state index in [4.69, 9.17) is 21.1 Å². The number of hydrogen-bond acceptors (Lipinski definition) is 4. The lowest BCUT2D eigenvalue weighted by Crippen LogP contribution is -2.30. The zero-order chi connectivity index (χ0) is 27.4. The van der Waals surface area contributed by atoms with Gasteiger partial charge in [-0.3, -0.25) is 9.59 Å². The first kappa shape index (κ1) is 30.5. The number of carbonyl (C=O) groups is 2. The standard InChI is InChI=1S/C30H43ClN2O4/c1-20(2)24-12-11-22(5)15-27(24)36-18-29(34)32-13-9-7-8-10-14-33-30(35)19-37-28-16-23(6)26(31)17-25(28)21(3)4/h11-12,15-17,20-21H,7-10,13-14,18-19H2,1-6H3,(H,32,34)(H,33,35). The number of aryl methyl sites for hydroxylation is 2. The van der Waals surface area contributed by atoms with Crippen molar-refractivity contribution < 1.29 is 19.1 Å². The maximum atomic E-state index is 12.2. The highest BCUT2D eigenvalue weighted by Crippen LogP contribution is 2.32. The van der Waals surface area contributed by atoms with Crippen molar-refractivity contribution in [1.82, 2.24) is 10.6 Å². The largest absolute Gasteiger partial charge is 0.483 e. The van der Waals surface area contributed by atoms with Crippen molar-refractivity contribution >= 4 is 23.4 Å². The van der Waals surface area contributed by atoms with Gasteiger partial charge in [-0.25, -0.2) is 0 Å². The smallest absolute Gasteiger partial charge is 0.257 e. The summed E-state index contributed by atoms with van der Waals surface area (Å²) in [5, 5.41) is 6.53. The van der Waals surface area contributed by atoms with Gasteiger partial charge in [-0.15, -0.1) is 0 Å². The fourth-order valence-electron chi connectivity index (χ4n) is 3.94. The van der Waals surface area contributed by atoms with E-state index in [-0.39, 0.29) is 30.9 Å². The van der Waals surface area contributed by atoms with E-state index < -0.39 is 0 Å². The molecule has 0 atom stereocenters. The summed E-state index contributed by atoms with van der Waals surface area (Å²) in [6, 6.07) is 9.91. The molecule has 0 saturated heterocycles. The number of amides is 2. The Morgan fingerprint density at radius 3 is 1.78 bits per heavy atom. The molecule has 0 aliphatic carbocycles. The van der Waals surface area contributed by atoms with Crippen LogP contribution in [0.3, 0.4) is 0 Å². The second kappa shape index (κ2) is 15.5. The Morgan fingerprint density at radius 1 is 0.757 bits per heavy atom. The molecule has 2 aromatic rings. The lowest BCUT2D eigenvalue weighted by Gasteiger charge is -2.16. The molecule has 2 aromatic carbocycles. The van der Waals surface area contributed by atoms with E-state index in [0.717, 1.165) is 53.7 Å². The Hall–Kier alpha value is -2.73. The second-order valence-corrected chi connectivity index (χ2v) is 10.6. The molecule has 7 heteroatoms. The number of ether oxygens (including phenoxy) is 2. The molecule has 2 rings (SSSR count). The predicted octanol–water partition coefficient (Wildman–Crippen LogP) is 6.45. The van der Waals surface area contributed by atoms with Gasteiger partial charge in [0.05, 0.1) is 0 Å². The maximum Gasteiger partial charge on any atom is 0.257 e. The highest BCUT2D eigenvalue weighted by molar-refractivity contribution is 6.31. The fourth-order valence-corrected chi connectivity index (χ4v) is 4.11. The molecule has 0 bridgehead atoms. The molecular formula is C30H43ClN2O4. The molecule has 0 aliphatic heterocycles. The number of unbranched alkanes of at least 4 members (excludes halogenated alkanes) is 3. The Balaban J connectivity index is 1.56.